The fourth-order valence-corrected chi connectivity index (χ4v) is 5.22. The summed E-state index contributed by atoms with van der Waals surface area (Å²) in [7, 11) is 0. The molecule has 226 valence electrons. The molecule has 15 heteroatoms. The lowest BCUT2D eigenvalue weighted by molar-refractivity contribution is -0.388. The summed E-state index contributed by atoms with van der Waals surface area (Å²) < 4.78 is 79.7. The zero-order valence-electron chi connectivity index (χ0n) is 22.3. The molecule has 1 amide bonds. The van der Waals surface area contributed by atoms with Gasteiger partial charge in [-0.25, -0.2) is 0 Å². The standard InChI is InChI=1S/C27H28F6N6O3/c28-26(29,30)22-16-21(3-1-18(22)17-34)37-13-11-36(12-14-37)8-7-25(40)38-9-5-19(6-10-38)35-20-2-4-24(39(41)42)23(15-20)27(31,32)33/h1-4,15-16,19,35H,5-14H2. The molecule has 0 radical (unpaired) electrons. The molecule has 2 saturated heterocycles. The van der Waals surface area contributed by atoms with Gasteiger partial charge in [0, 0.05) is 75.7 Å². The third-order valence-corrected chi connectivity index (χ3v) is 7.53. The maximum atomic E-state index is 13.3. The molecule has 0 unspecified atom stereocenters. The number of anilines is 2. The van der Waals surface area contributed by atoms with Crippen LogP contribution < -0.4 is 10.2 Å². The van der Waals surface area contributed by atoms with Crippen molar-refractivity contribution in [3.8, 4) is 6.07 Å². The number of carbonyl (C=O) groups excluding carboxylic acids is 1. The number of nitriles is 1. The average Bonchev–Trinajstić information content (AvgIpc) is 2.95. The molecule has 0 saturated carbocycles. The summed E-state index contributed by atoms with van der Waals surface area (Å²) in [6.45, 7) is 3.33. The second kappa shape index (κ2) is 12.4. The van der Waals surface area contributed by atoms with E-state index in [1.54, 1.807) is 11.0 Å². The van der Waals surface area contributed by atoms with Crippen molar-refractivity contribution in [3.63, 3.8) is 0 Å². The van der Waals surface area contributed by atoms with Gasteiger partial charge in [0.05, 0.1) is 22.1 Å². The van der Waals surface area contributed by atoms with Crippen molar-refractivity contribution in [2.75, 3.05) is 56.0 Å². The second-order valence-electron chi connectivity index (χ2n) is 10.2. The first kappa shape index (κ1) is 30.9. The smallest absolute Gasteiger partial charge is 0.382 e. The average molecular weight is 599 g/mol. The predicted octanol–water partition coefficient (Wildman–Crippen LogP) is 5.12. The minimum Gasteiger partial charge on any atom is -0.382 e. The van der Waals surface area contributed by atoms with Crippen molar-refractivity contribution in [3.05, 3.63) is 63.2 Å². The maximum Gasteiger partial charge on any atom is 0.423 e. The Morgan fingerprint density at radius 2 is 1.60 bits per heavy atom. The lowest BCUT2D eigenvalue weighted by Crippen LogP contribution is -2.48. The van der Waals surface area contributed by atoms with Crippen LogP contribution in [-0.4, -0.2) is 72.5 Å². The van der Waals surface area contributed by atoms with Gasteiger partial charge >= 0.3 is 12.4 Å². The molecule has 9 nitrogen and oxygen atoms in total. The van der Waals surface area contributed by atoms with Gasteiger partial charge in [0.2, 0.25) is 5.91 Å². The summed E-state index contributed by atoms with van der Waals surface area (Å²) in [5.74, 6) is -0.0625. The van der Waals surface area contributed by atoms with E-state index >= 15 is 0 Å². The van der Waals surface area contributed by atoms with Crippen LogP contribution in [-0.2, 0) is 17.1 Å². The van der Waals surface area contributed by atoms with E-state index in [4.69, 9.17) is 5.26 Å². The number of nitro benzene ring substituents is 1. The lowest BCUT2D eigenvalue weighted by atomic mass is 10.0. The molecule has 2 aliphatic heterocycles. The fraction of sp³-hybridized carbons (Fsp3) is 0.481. The van der Waals surface area contributed by atoms with E-state index in [9.17, 15) is 41.3 Å². The highest BCUT2D eigenvalue weighted by Crippen LogP contribution is 2.38. The van der Waals surface area contributed by atoms with Gasteiger partial charge in [0.25, 0.3) is 5.69 Å². The first-order chi connectivity index (χ1) is 19.8. The van der Waals surface area contributed by atoms with Gasteiger partial charge in [-0.2, -0.15) is 31.6 Å². The van der Waals surface area contributed by atoms with Gasteiger partial charge in [-0.15, -0.1) is 0 Å². The molecule has 2 aromatic rings. The number of amides is 1. The molecular formula is C27H28F6N6O3. The fourth-order valence-electron chi connectivity index (χ4n) is 5.22. The summed E-state index contributed by atoms with van der Waals surface area (Å²) in [5, 5.41) is 22.9. The molecule has 4 rings (SSSR count). The van der Waals surface area contributed by atoms with Gasteiger partial charge in [-0.05, 0) is 43.2 Å². The van der Waals surface area contributed by atoms with E-state index < -0.39 is 39.7 Å². The van der Waals surface area contributed by atoms with Crippen LogP contribution in [0.3, 0.4) is 0 Å². The van der Waals surface area contributed by atoms with Crippen LogP contribution in [0.5, 0.6) is 0 Å². The van der Waals surface area contributed by atoms with Crippen LogP contribution in [0.15, 0.2) is 36.4 Å². The molecule has 1 N–H and O–H groups in total. The molecule has 2 aliphatic rings. The molecule has 42 heavy (non-hydrogen) atoms. The Bertz CT molecular complexity index is 1340. The van der Waals surface area contributed by atoms with Gasteiger partial charge in [0.15, 0.2) is 0 Å². The number of piperazine rings is 1. The maximum absolute atomic E-state index is 13.3. The molecule has 0 aliphatic carbocycles. The summed E-state index contributed by atoms with van der Waals surface area (Å²) >= 11 is 0. The van der Waals surface area contributed by atoms with Crippen molar-refractivity contribution in [1.82, 2.24) is 9.80 Å². The Hall–Kier alpha value is -4.06. The number of hydrogen-bond acceptors (Lipinski definition) is 7. The topological polar surface area (TPSA) is 106 Å². The van der Waals surface area contributed by atoms with Crippen molar-refractivity contribution < 1.29 is 36.1 Å². The summed E-state index contributed by atoms with van der Waals surface area (Å²) in [4.78, 5) is 28.2. The highest BCUT2D eigenvalue weighted by molar-refractivity contribution is 5.76. The monoisotopic (exact) mass is 598 g/mol. The van der Waals surface area contributed by atoms with E-state index in [2.05, 4.69) is 10.2 Å². The van der Waals surface area contributed by atoms with E-state index in [1.807, 2.05) is 4.90 Å². The summed E-state index contributed by atoms with van der Waals surface area (Å²) in [5.41, 5.74) is -3.23. The largest absolute Gasteiger partial charge is 0.423 e. The van der Waals surface area contributed by atoms with Gasteiger partial charge in [-0.1, -0.05) is 0 Å². The van der Waals surface area contributed by atoms with Crippen LogP contribution in [0.4, 0.5) is 43.4 Å². The van der Waals surface area contributed by atoms with Gasteiger partial charge < -0.3 is 15.1 Å². The Labute approximate surface area is 237 Å². The number of hydrogen-bond donors (Lipinski definition) is 1. The number of nitrogens with zero attached hydrogens (tertiary/aromatic N) is 5. The molecule has 2 heterocycles. The molecule has 0 atom stereocenters. The van der Waals surface area contributed by atoms with E-state index in [1.165, 1.54) is 18.2 Å². The third-order valence-electron chi connectivity index (χ3n) is 7.53. The van der Waals surface area contributed by atoms with E-state index in [0.717, 1.165) is 18.2 Å². The summed E-state index contributed by atoms with van der Waals surface area (Å²) in [6, 6.07) is 7.83. The van der Waals surface area contributed by atoms with Gasteiger partial charge in [-0.3, -0.25) is 19.8 Å². The number of likely N-dealkylation sites (tertiary alicyclic amines) is 1. The van der Waals surface area contributed by atoms with Crippen LogP contribution in [0, 0.1) is 21.4 Å². The molecule has 0 bridgehead atoms. The first-order valence-electron chi connectivity index (χ1n) is 13.2. The van der Waals surface area contributed by atoms with Crippen LogP contribution in [0.25, 0.3) is 0 Å². The molecular weight excluding hydrogens is 570 g/mol. The number of nitro groups is 1. The third kappa shape index (κ3) is 7.41. The Balaban J connectivity index is 1.22. The van der Waals surface area contributed by atoms with E-state index in [0.29, 0.717) is 64.3 Å². The molecule has 2 fully saturated rings. The quantitative estimate of drug-likeness (QED) is 0.268. The van der Waals surface area contributed by atoms with Crippen molar-refractivity contribution in [1.29, 1.82) is 5.26 Å². The zero-order valence-corrected chi connectivity index (χ0v) is 22.3. The van der Waals surface area contributed by atoms with E-state index in [-0.39, 0.29) is 24.1 Å². The number of alkyl halides is 6. The van der Waals surface area contributed by atoms with Crippen molar-refractivity contribution >= 4 is 23.0 Å². The number of nitrogens with one attached hydrogen (secondary N) is 1. The molecule has 0 spiro atoms. The normalized spacial score (nSPS) is 17.2. The van der Waals surface area contributed by atoms with Crippen LogP contribution >= 0.6 is 0 Å². The predicted molar refractivity (Wildman–Crippen MR) is 141 cm³/mol. The van der Waals surface area contributed by atoms with Crippen molar-refractivity contribution in [2.45, 2.75) is 37.7 Å². The molecule has 2 aromatic carbocycles. The SMILES string of the molecule is N#Cc1ccc(N2CCN(CCC(=O)N3CCC(Nc4ccc([N+](=O)[O-])c(C(F)(F)F)c4)CC3)CC2)cc1C(F)(F)F. The minimum absolute atomic E-state index is 0.0625. The summed E-state index contributed by atoms with van der Waals surface area (Å²) in [6.07, 6.45) is -8.26. The van der Waals surface area contributed by atoms with Crippen molar-refractivity contribution in [2.24, 2.45) is 0 Å². The number of rotatable bonds is 7. The number of benzene rings is 2. The Kier molecular flexibility index (Phi) is 9.15. The highest BCUT2D eigenvalue weighted by atomic mass is 19.4. The second-order valence-corrected chi connectivity index (χ2v) is 10.2. The number of carbonyl (C=O) groups is 1. The molecule has 0 aromatic heterocycles. The Morgan fingerprint density at radius 3 is 2.17 bits per heavy atom. The minimum atomic E-state index is -4.87. The lowest BCUT2D eigenvalue weighted by Gasteiger charge is -2.37. The van der Waals surface area contributed by atoms with Gasteiger partial charge in [0.1, 0.15) is 5.56 Å². The number of halogens is 6. The van der Waals surface area contributed by atoms with Crippen LogP contribution in [0.1, 0.15) is 36.0 Å². The zero-order chi connectivity index (χ0) is 30.7. The highest BCUT2D eigenvalue weighted by Gasteiger charge is 2.39. The number of piperidine rings is 1. The first-order valence-corrected chi connectivity index (χ1v) is 13.2. The van der Waals surface area contributed by atoms with Crippen LogP contribution in [0.2, 0.25) is 0 Å². The Morgan fingerprint density at radius 1 is 0.952 bits per heavy atom.